The summed E-state index contributed by atoms with van der Waals surface area (Å²) in [4.78, 5) is 28.7. The molecule has 1 aliphatic heterocycles. The lowest BCUT2D eigenvalue weighted by atomic mass is 10.1. The summed E-state index contributed by atoms with van der Waals surface area (Å²) in [5.74, 6) is -0.162. The summed E-state index contributed by atoms with van der Waals surface area (Å²) in [5.41, 5.74) is 1.26. The van der Waals surface area contributed by atoms with Crippen molar-refractivity contribution in [2.45, 2.75) is 23.1 Å². The highest BCUT2D eigenvalue weighted by Crippen LogP contribution is 2.35. The molecule has 5 nitrogen and oxygen atoms in total. The zero-order chi connectivity index (χ0) is 18.0. The van der Waals surface area contributed by atoms with Gasteiger partial charge in [0.05, 0.1) is 17.0 Å². The molecular weight excluding hydrogens is 354 g/mol. The van der Waals surface area contributed by atoms with Crippen molar-refractivity contribution in [1.29, 1.82) is 0 Å². The van der Waals surface area contributed by atoms with E-state index < -0.39 is 0 Å². The molecule has 2 N–H and O–H groups in total. The smallest absolute Gasteiger partial charge is 0.251 e. The summed E-state index contributed by atoms with van der Waals surface area (Å²) < 4.78 is 0. The number of carbonyl (C=O) groups is 2. The molecule has 0 spiro atoms. The van der Waals surface area contributed by atoms with Crippen LogP contribution in [0.2, 0.25) is 0 Å². The lowest BCUT2D eigenvalue weighted by Crippen LogP contribution is -2.34. The molecule has 0 saturated carbocycles. The number of likely N-dealkylation sites (N-methyl/N-ethyl adjacent to an activating group) is 1. The highest BCUT2D eigenvalue weighted by Gasteiger charge is 2.24. The van der Waals surface area contributed by atoms with Gasteiger partial charge in [0.25, 0.3) is 5.91 Å². The molecule has 1 aliphatic rings. The van der Waals surface area contributed by atoms with Gasteiger partial charge in [-0.05, 0) is 50.7 Å². The first kappa shape index (κ1) is 18.0. The van der Waals surface area contributed by atoms with E-state index in [2.05, 4.69) is 21.6 Å². The number of amides is 2. The van der Waals surface area contributed by atoms with E-state index in [1.54, 1.807) is 23.5 Å². The average molecular weight is 376 g/mol. The molecule has 0 saturated heterocycles. The Bertz CT molecular complexity index is 775. The fraction of sp³-hybridized carbons (Fsp3) is 0.333. The minimum atomic E-state index is -0.135. The van der Waals surface area contributed by atoms with Gasteiger partial charge in [0.2, 0.25) is 5.91 Å². The molecular formula is C18H21N3O2S2. The predicted octanol–water partition coefficient (Wildman–Crippen LogP) is 3.21. The van der Waals surface area contributed by atoms with E-state index in [0.717, 1.165) is 4.90 Å². The average Bonchev–Trinajstić information content (AvgIpc) is 3.09. The second-order valence-electron chi connectivity index (χ2n) is 6.17. The first-order chi connectivity index (χ1) is 12.0. The molecule has 132 valence electrons. The number of nitrogens with one attached hydrogen (secondary N) is 2. The van der Waals surface area contributed by atoms with Gasteiger partial charge in [-0.1, -0.05) is 6.07 Å². The molecule has 0 bridgehead atoms. The maximum atomic E-state index is 12.5. The lowest BCUT2D eigenvalue weighted by molar-refractivity contribution is -0.115. The highest BCUT2D eigenvalue weighted by molar-refractivity contribution is 8.00. The second-order valence-corrected chi connectivity index (χ2v) is 8.53. The molecule has 25 heavy (non-hydrogen) atoms. The highest BCUT2D eigenvalue weighted by atomic mass is 32.2. The van der Waals surface area contributed by atoms with Crippen LogP contribution in [0.15, 0.2) is 40.6 Å². The summed E-state index contributed by atoms with van der Waals surface area (Å²) in [6.45, 7) is 2.40. The number of rotatable bonds is 5. The molecule has 1 aromatic heterocycles. The molecule has 2 aromatic rings. The molecule has 0 radical (unpaired) electrons. The number of thiophene rings is 1. The normalized spacial score (nSPS) is 17.8. The van der Waals surface area contributed by atoms with Gasteiger partial charge in [-0.25, -0.2) is 0 Å². The summed E-state index contributed by atoms with van der Waals surface area (Å²) in [6, 6.07) is 9.68. The minimum Gasteiger partial charge on any atom is -0.350 e. The van der Waals surface area contributed by atoms with Gasteiger partial charge in [-0.3, -0.25) is 9.59 Å². The molecule has 0 aliphatic carbocycles. The number of benzene rings is 1. The van der Waals surface area contributed by atoms with Crippen molar-refractivity contribution in [3.05, 3.63) is 46.2 Å². The van der Waals surface area contributed by atoms with Crippen LogP contribution in [0.5, 0.6) is 0 Å². The van der Waals surface area contributed by atoms with Gasteiger partial charge >= 0.3 is 0 Å². The van der Waals surface area contributed by atoms with Gasteiger partial charge in [0, 0.05) is 21.9 Å². The number of nitrogens with zero attached hydrogens (tertiary/aromatic N) is 1. The van der Waals surface area contributed by atoms with E-state index in [9.17, 15) is 9.59 Å². The van der Waals surface area contributed by atoms with E-state index in [-0.39, 0.29) is 23.1 Å². The van der Waals surface area contributed by atoms with Crippen molar-refractivity contribution in [3.8, 4) is 0 Å². The van der Waals surface area contributed by atoms with E-state index in [4.69, 9.17) is 0 Å². The Balaban J connectivity index is 1.69. The predicted molar refractivity (Wildman–Crippen MR) is 103 cm³/mol. The first-order valence-electron chi connectivity index (χ1n) is 8.05. The Labute approximate surface area is 155 Å². The summed E-state index contributed by atoms with van der Waals surface area (Å²) >= 11 is 3.19. The van der Waals surface area contributed by atoms with Gasteiger partial charge < -0.3 is 15.5 Å². The first-order valence-corrected chi connectivity index (χ1v) is 9.81. The summed E-state index contributed by atoms with van der Waals surface area (Å²) in [6.07, 6.45) is 0. The van der Waals surface area contributed by atoms with E-state index in [0.29, 0.717) is 17.8 Å². The Morgan fingerprint density at radius 2 is 2.16 bits per heavy atom. The van der Waals surface area contributed by atoms with Crippen LogP contribution in [0, 0.1) is 0 Å². The van der Waals surface area contributed by atoms with Crippen molar-refractivity contribution >= 4 is 40.6 Å². The molecule has 7 heteroatoms. The molecule has 2 amide bonds. The topological polar surface area (TPSA) is 61.4 Å². The van der Waals surface area contributed by atoms with Crippen LogP contribution >= 0.6 is 23.1 Å². The van der Waals surface area contributed by atoms with Crippen molar-refractivity contribution in [2.24, 2.45) is 0 Å². The molecule has 3 rings (SSSR count). The van der Waals surface area contributed by atoms with Gasteiger partial charge in [0.15, 0.2) is 0 Å². The number of thioether (sulfide) groups is 1. The van der Waals surface area contributed by atoms with Crippen LogP contribution in [0.3, 0.4) is 0 Å². The molecule has 1 aromatic carbocycles. The minimum absolute atomic E-state index is 0.0274. The SMILES string of the molecule is C[C@@H]1Sc2ccc(C(=O)NC[C@@H](c3cccs3)N(C)C)cc2NC1=O. The largest absolute Gasteiger partial charge is 0.350 e. The Morgan fingerprint density at radius 1 is 1.36 bits per heavy atom. The zero-order valence-electron chi connectivity index (χ0n) is 14.4. The number of hydrogen-bond donors (Lipinski definition) is 2. The van der Waals surface area contributed by atoms with E-state index in [1.807, 2.05) is 38.5 Å². The zero-order valence-corrected chi connectivity index (χ0v) is 16.0. The Morgan fingerprint density at radius 3 is 2.84 bits per heavy atom. The third kappa shape index (κ3) is 4.05. The van der Waals surface area contributed by atoms with Crippen molar-refractivity contribution in [1.82, 2.24) is 10.2 Å². The van der Waals surface area contributed by atoms with Crippen LogP contribution in [0.1, 0.15) is 28.2 Å². The quantitative estimate of drug-likeness (QED) is 0.842. The number of anilines is 1. The van der Waals surface area contributed by atoms with Crippen LogP contribution in [0.25, 0.3) is 0 Å². The second kappa shape index (κ2) is 7.59. The Hall–Kier alpha value is -1.83. The van der Waals surface area contributed by atoms with Crippen LogP contribution in [-0.4, -0.2) is 42.6 Å². The maximum absolute atomic E-state index is 12.5. The number of carbonyl (C=O) groups excluding carboxylic acids is 2. The molecule has 0 fully saturated rings. The standard InChI is InChI=1S/C18H21N3O2S2/c1-11-17(22)20-13-9-12(6-7-15(13)25-11)18(23)19-10-14(21(2)3)16-5-4-8-24-16/h4-9,11,14H,10H2,1-3H3,(H,19,23)(H,20,22)/t11-,14-/m0/s1. The monoisotopic (exact) mass is 375 g/mol. The van der Waals surface area contributed by atoms with Gasteiger partial charge in [0.1, 0.15) is 0 Å². The van der Waals surface area contributed by atoms with Crippen molar-refractivity contribution < 1.29 is 9.59 Å². The third-order valence-electron chi connectivity index (χ3n) is 4.12. The van der Waals surface area contributed by atoms with Crippen molar-refractivity contribution in [3.63, 3.8) is 0 Å². The molecule has 2 atom stereocenters. The molecule has 2 heterocycles. The van der Waals surface area contributed by atoms with Gasteiger partial charge in [-0.2, -0.15) is 0 Å². The Kier molecular flexibility index (Phi) is 5.46. The van der Waals surface area contributed by atoms with Crippen LogP contribution < -0.4 is 10.6 Å². The summed E-state index contributed by atoms with van der Waals surface area (Å²) in [7, 11) is 4.01. The van der Waals surface area contributed by atoms with E-state index in [1.165, 1.54) is 16.6 Å². The van der Waals surface area contributed by atoms with Crippen LogP contribution in [0.4, 0.5) is 5.69 Å². The number of fused-ring (bicyclic) bond motifs is 1. The lowest BCUT2D eigenvalue weighted by Gasteiger charge is -2.24. The van der Waals surface area contributed by atoms with E-state index >= 15 is 0 Å². The maximum Gasteiger partial charge on any atom is 0.251 e. The number of hydrogen-bond acceptors (Lipinski definition) is 5. The molecule has 0 unspecified atom stereocenters. The van der Waals surface area contributed by atoms with Crippen molar-refractivity contribution in [2.75, 3.05) is 26.0 Å². The van der Waals surface area contributed by atoms with Gasteiger partial charge in [-0.15, -0.1) is 23.1 Å². The third-order valence-corrected chi connectivity index (χ3v) is 6.27. The fourth-order valence-corrected chi connectivity index (χ4v) is 4.51. The summed E-state index contributed by atoms with van der Waals surface area (Å²) in [5, 5.41) is 7.79. The fourth-order valence-electron chi connectivity index (χ4n) is 2.66. The van der Waals surface area contributed by atoms with Crippen LogP contribution in [-0.2, 0) is 4.79 Å².